The van der Waals surface area contributed by atoms with Gasteiger partial charge in [-0.1, -0.05) is 0 Å². The molecule has 6 heteroatoms. The highest BCUT2D eigenvalue weighted by atomic mass is 16.4. The standard InChI is InChI=1S/C15H23N3O3/c1-14(2,13(20)21)15(3,4)17-10-7-8-16-11(9-10)12(19)18(5)6/h7-9H,1-6H3,(H,16,17)(H,20,21). The Morgan fingerprint density at radius 1 is 1.24 bits per heavy atom. The zero-order chi connectivity index (χ0) is 16.4. The van der Waals surface area contributed by atoms with Gasteiger partial charge in [0.05, 0.1) is 5.41 Å². The number of aromatic nitrogens is 1. The second-order valence-electron chi connectivity index (χ2n) is 6.31. The van der Waals surface area contributed by atoms with Crippen LogP contribution < -0.4 is 5.32 Å². The summed E-state index contributed by atoms with van der Waals surface area (Å²) in [6.45, 7) is 6.95. The smallest absolute Gasteiger partial charge is 0.311 e. The molecule has 1 amide bonds. The molecule has 116 valence electrons. The number of carboxylic acids is 1. The van der Waals surface area contributed by atoms with Gasteiger partial charge in [0.25, 0.3) is 5.91 Å². The highest BCUT2D eigenvalue weighted by Gasteiger charge is 2.43. The monoisotopic (exact) mass is 293 g/mol. The number of carbonyl (C=O) groups excluding carboxylic acids is 1. The molecular formula is C15H23N3O3. The van der Waals surface area contributed by atoms with Crippen molar-refractivity contribution < 1.29 is 14.7 Å². The largest absolute Gasteiger partial charge is 0.481 e. The molecule has 0 bridgehead atoms. The lowest BCUT2D eigenvalue weighted by molar-refractivity contribution is -0.149. The molecule has 2 N–H and O–H groups in total. The average Bonchev–Trinajstić information content (AvgIpc) is 2.37. The number of hydrogen-bond donors (Lipinski definition) is 2. The van der Waals surface area contributed by atoms with Crippen LogP contribution in [0.4, 0.5) is 5.69 Å². The van der Waals surface area contributed by atoms with Crippen LogP contribution in [0.3, 0.4) is 0 Å². The third-order valence-electron chi connectivity index (χ3n) is 3.94. The minimum absolute atomic E-state index is 0.200. The lowest BCUT2D eigenvalue weighted by atomic mass is 9.74. The van der Waals surface area contributed by atoms with Crippen LogP contribution in [0.5, 0.6) is 0 Å². The molecule has 1 rings (SSSR count). The van der Waals surface area contributed by atoms with Gasteiger partial charge in [-0.3, -0.25) is 14.6 Å². The van der Waals surface area contributed by atoms with Crippen molar-refractivity contribution in [3.63, 3.8) is 0 Å². The summed E-state index contributed by atoms with van der Waals surface area (Å²) in [5.74, 6) is -1.09. The zero-order valence-electron chi connectivity index (χ0n) is 13.4. The van der Waals surface area contributed by atoms with E-state index in [1.54, 1.807) is 40.1 Å². The summed E-state index contributed by atoms with van der Waals surface area (Å²) in [4.78, 5) is 28.8. The highest BCUT2D eigenvalue weighted by molar-refractivity contribution is 5.92. The second kappa shape index (κ2) is 5.71. The van der Waals surface area contributed by atoms with E-state index in [1.165, 1.54) is 11.1 Å². The Hall–Kier alpha value is -2.11. The van der Waals surface area contributed by atoms with Crippen LogP contribution in [0, 0.1) is 5.41 Å². The van der Waals surface area contributed by atoms with E-state index in [0.717, 1.165) is 0 Å². The lowest BCUT2D eigenvalue weighted by Crippen LogP contribution is -2.50. The number of carbonyl (C=O) groups is 2. The van der Waals surface area contributed by atoms with Crippen molar-refractivity contribution in [3.05, 3.63) is 24.0 Å². The van der Waals surface area contributed by atoms with Gasteiger partial charge < -0.3 is 15.3 Å². The van der Waals surface area contributed by atoms with Crippen LogP contribution in [-0.4, -0.2) is 46.5 Å². The molecule has 0 aliphatic heterocycles. The molecule has 0 saturated heterocycles. The maximum absolute atomic E-state index is 11.9. The first-order valence-electron chi connectivity index (χ1n) is 6.68. The number of pyridine rings is 1. The Kier molecular flexibility index (Phi) is 4.61. The molecule has 1 aromatic heterocycles. The summed E-state index contributed by atoms with van der Waals surface area (Å²) in [6.07, 6.45) is 1.53. The Morgan fingerprint density at radius 3 is 2.29 bits per heavy atom. The first kappa shape index (κ1) is 16.9. The van der Waals surface area contributed by atoms with Crippen LogP contribution in [0.2, 0.25) is 0 Å². The molecule has 0 aliphatic rings. The predicted molar refractivity (Wildman–Crippen MR) is 81.4 cm³/mol. The summed E-state index contributed by atoms with van der Waals surface area (Å²) < 4.78 is 0. The Morgan fingerprint density at radius 2 is 1.81 bits per heavy atom. The fraction of sp³-hybridized carbons (Fsp3) is 0.533. The second-order valence-corrected chi connectivity index (χ2v) is 6.31. The van der Waals surface area contributed by atoms with Crippen molar-refractivity contribution in [3.8, 4) is 0 Å². The van der Waals surface area contributed by atoms with E-state index in [1.807, 2.05) is 13.8 Å². The molecular weight excluding hydrogens is 270 g/mol. The van der Waals surface area contributed by atoms with Gasteiger partial charge in [-0.05, 0) is 39.8 Å². The fourth-order valence-electron chi connectivity index (χ4n) is 1.64. The molecule has 21 heavy (non-hydrogen) atoms. The van der Waals surface area contributed by atoms with Crippen molar-refractivity contribution >= 4 is 17.6 Å². The first-order chi connectivity index (χ1) is 9.49. The molecule has 1 aromatic rings. The van der Waals surface area contributed by atoms with Crippen molar-refractivity contribution in [2.45, 2.75) is 33.2 Å². The maximum Gasteiger partial charge on any atom is 0.311 e. The zero-order valence-corrected chi connectivity index (χ0v) is 13.4. The molecule has 1 heterocycles. The maximum atomic E-state index is 11.9. The van der Waals surface area contributed by atoms with Gasteiger partial charge in [-0.25, -0.2) is 0 Å². The van der Waals surface area contributed by atoms with Crippen molar-refractivity contribution in [1.82, 2.24) is 9.88 Å². The molecule has 6 nitrogen and oxygen atoms in total. The van der Waals surface area contributed by atoms with E-state index in [0.29, 0.717) is 11.4 Å². The molecule has 0 radical (unpaired) electrons. The lowest BCUT2D eigenvalue weighted by Gasteiger charge is -2.39. The predicted octanol–water partition coefficient (Wildman–Crippen LogP) is 2.08. The van der Waals surface area contributed by atoms with Crippen LogP contribution in [0.1, 0.15) is 38.2 Å². The molecule has 0 unspecified atom stereocenters. The summed E-state index contributed by atoms with van der Waals surface area (Å²) in [7, 11) is 3.31. The molecule has 0 saturated carbocycles. The van der Waals surface area contributed by atoms with Gasteiger partial charge in [0.15, 0.2) is 0 Å². The van der Waals surface area contributed by atoms with Crippen LogP contribution in [0.15, 0.2) is 18.3 Å². The summed E-state index contributed by atoms with van der Waals surface area (Å²) in [5.41, 5.74) is -0.718. The molecule has 0 atom stereocenters. The Labute approximate surface area is 125 Å². The van der Waals surface area contributed by atoms with E-state index in [-0.39, 0.29) is 5.91 Å². The highest BCUT2D eigenvalue weighted by Crippen LogP contribution is 2.34. The van der Waals surface area contributed by atoms with Crippen LogP contribution >= 0.6 is 0 Å². The number of carboxylic acid groups (broad SMARTS) is 1. The van der Waals surface area contributed by atoms with Gasteiger partial charge in [-0.2, -0.15) is 0 Å². The number of nitrogens with zero attached hydrogens (tertiary/aromatic N) is 2. The number of nitrogens with one attached hydrogen (secondary N) is 1. The van der Waals surface area contributed by atoms with Crippen LogP contribution in [-0.2, 0) is 4.79 Å². The summed E-state index contributed by atoms with van der Waals surface area (Å²) in [5, 5.41) is 12.5. The molecule has 0 aliphatic carbocycles. The number of aliphatic carboxylic acids is 1. The summed E-state index contributed by atoms with van der Waals surface area (Å²) >= 11 is 0. The number of rotatable bonds is 5. The third-order valence-corrected chi connectivity index (χ3v) is 3.94. The number of amides is 1. The van der Waals surface area contributed by atoms with E-state index in [4.69, 9.17) is 0 Å². The van der Waals surface area contributed by atoms with Gasteiger partial charge in [-0.15, -0.1) is 0 Å². The Balaban J connectivity index is 3.06. The fourth-order valence-corrected chi connectivity index (χ4v) is 1.64. The van der Waals surface area contributed by atoms with Crippen molar-refractivity contribution in [2.24, 2.45) is 5.41 Å². The number of hydrogen-bond acceptors (Lipinski definition) is 4. The Bertz CT molecular complexity index is 551. The minimum atomic E-state index is -0.984. The average molecular weight is 293 g/mol. The summed E-state index contributed by atoms with van der Waals surface area (Å²) in [6, 6.07) is 3.34. The van der Waals surface area contributed by atoms with Crippen molar-refractivity contribution in [1.29, 1.82) is 0 Å². The SMILES string of the molecule is CN(C)C(=O)c1cc(NC(C)(C)C(C)(C)C(=O)O)ccn1. The van der Waals surface area contributed by atoms with E-state index >= 15 is 0 Å². The van der Waals surface area contributed by atoms with Crippen LogP contribution in [0.25, 0.3) is 0 Å². The first-order valence-corrected chi connectivity index (χ1v) is 6.68. The van der Waals surface area contributed by atoms with Gasteiger partial charge >= 0.3 is 5.97 Å². The van der Waals surface area contributed by atoms with E-state index < -0.39 is 16.9 Å². The molecule has 0 fully saturated rings. The van der Waals surface area contributed by atoms with Crippen molar-refractivity contribution in [2.75, 3.05) is 19.4 Å². The number of anilines is 1. The van der Waals surface area contributed by atoms with Gasteiger partial charge in [0.1, 0.15) is 5.69 Å². The van der Waals surface area contributed by atoms with E-state index in [2.05, 4.69) is 10.3 Å². The minimum Gasteiger partial charge on any atom is -0.481 e. The molecule has 0 spiro atoms. The molecule has 0 aromatic carbocycles. The van der Waals surface area contributed by atoms with E-state index in [9.17, 15) is 14.7 Å². The quantitative estimate of drug-likeness (QED) is 0.868. The van der Waals surface area contributed by atoms with Gasteiger partial charge in [0, 0.05) is 31.5 Å². The topological polar surface area (TPSA) is 82.5 Å². The third kappa shape index (κ3) is 3.51. The normalized spacial score (nSPS) is 11.9. The van der Waals surface area contributed by atoms with Gasteiger partial charge in [0.2, 0.25) is 0 Å².